The number of aryl methyl sites for hydroxylation is 1. The van der Waals surface area contributed by atoms with Gasteiger partial charge in [0.2, 0.25) is 10.0 Å². The Balaban J connectivity index is 1.76. The third kappa shape index (κ3) is 4.61. The monoisotopic (exact) mass is 416 g/mol. The fraction of sp³-hybridized carbons (Fsp3) is 0.211. The lowest BCUT2D eigenvalue weighted by atomic mass is 10.3. The number of nitrogens with one attached hydrogen (secondary N) is 2. The van der Waals surface area contributed by atoms with Gasteiger partial charge >= 0.3 is 0 Å². The summed E-state index contributed by atoms with van der Waals surface area (Å²) < 4.78 is 26.9. The molecule has 28 heavy (non-hydrogen) atoms. The van der Waals surface area contributed by atoms with Crippen LogP contribution in [0.4, 0.5) is 5.69 Å². The third-order valence-electron chi connectivity index (χ3n) is 3.70. The van der Waals surface area contributed by atoms with Gasteiger partial charge in [0.25, 0.3) is 5.91 Å². The molecule has 0 spiro atoms. The van der Waals surface area contributed by atoms with E-state index in [9.17, 15) is 13.2 Å². The van der Waals surface area contributed by atoms with E-state index in [1.54, 1.807) is 39.1 Å². The van der Waals surface area contributed by atoms with Crippen LogP contribution in [-0.4, -0.2) is 30.3 Å². The van der Waals surface area contributed by atoms with Crippen molar-refractivity contribution in [3.05, 3.63) is 59.2 Å². The van der Waals surface area contributed by atoms with Gasteiger partial charge in [-0.1, -0.05) is 6.07 Å². The molecule has 0 aliphatic heterocycles. The van der Waals surface area contributed by atoms with E-state index in [4.69, 9.17) is 0 Å². The van der Waals surface area contributed by atoms with Crippen LogP contribution in [0.25, 0.3) is 10.7 Å². The molecule has 146 valence electrons. The minimum Gasteiger partial charge on any atom is -0.321 e. The fourth-order valence-corrected chi connectivity index (χ4v) is 4.68. The topological polar surface area (TPSA) is 101 Å². The Hall–Kier alpha value is -2.62. The van der Waals surface area contributed by atoms with Crippen LogP contribution in [0.2, 0.25) is 0 Å². The molecule has 0 aliphatic carbocycles. The van der Waals surface area contributed by atoms with Crippen molar-refractivity contribution in [2.45, 2.75) is 31.7 Å². The molecular formula is C19H20N4O3S2. The van der Waals surface area contributed by atoms with Crippen LogP contribution in [0.5, 0.6) is 0 Å². The summed E-state index contributed by atoms with van der Waals surface area (Å²) in [5, 5.41) is 3.45. The smallest absolute Gasteiger partial charge is 0.267 e. The SMILES string of the molecule is Cc1nc(-c2ccccn2)sc1C(=O)Nc1ccc(S(=O)(=O)NC(C)C)cc1. The molecule has 0 radical (unpaired) electrons. The quantitative estimate of drug-likeness (QED) is 0.641. The summed E-state index contributed by atoms with van der Waals surface area (Å²) in [5.74, 6) is -0.298. The molecule has 1 amide bonds. The standard InChI is InChI=1S/C19H20N4O3S2/c1-12(2)23-28(25,26)15-9-7-14(8-10-15)22-18(24)17-13(3)21-19(27-17)16-6-4-5-11-20-16/h4-12,23H,1-3H3,(H,22,24). The van der Waals surface area contributed by atoms with Crippen molar-refractivity contribution in [1.82, 2.24) is 14.7 Å². The van der Waals surface area contributed by atoms with Crippen LogP contribution in [0.1, 0.15) is 29.2 Å². The summed E-state index contributed by atoms with van der Waals surface area (Å²) >= 11 is 1.26. The van der Waals surface area contributed by atoms with E-state index in [1.807, 2.05) is 18.2 Å². The van der Waals surface area contributed by atoms with Crippen molar-refractivity contribution < 1.29 is 13.2 Å². The molecule has 2 heterocycles. The van der Waals surface area contributed by atoms with E-state index in [0.29, 0.717) is 27.0 Å². The minimum absolute atomic E-state index is 0.144. The summed E-state index contributed by atoms with van der Waals surface area (Å²) in [6, 6.07) is 11.3. The Kier molecular flexibility index (Phi) is 5.87. The Morgan fingerprint density at radius 2 is 1.82 bits per heavy atom. The van der Waals surface area contributed by atoms with E-state index in [-0.39, 0.29) is 16.8 Å². The van der Waals surface area contributed by atoms with Crippen molar-refractivity contribution in [1.29, 1.82) is 0 Å². The summed E-state index contributed by atoms with van der Waals surface area (Å²) in [4.78, 5) is 21.9. The first-order chi connectivity index (χ1) is 13.3. The van der Waals surface area contributed by atoms with Gasteiger partial charge in [-0.25, -0.2) is 18.1 Å². The summed E-state index contributed by atoms with van der Waals surface area (Å²) in [6.07, 6.45) is 1.68. The number of carbonyl (C=O) groups excluding carboxylic acids is 1. The maximum absolute atomic E-state index is 12.6. The first kappa shape index (κ1) is 20.1. The van der Waals surface area contributed by atoms with E-state index in [1.165, 1.54) is 23.5 Å². The zero-order chi connectivity index (χ0) is 20.3. The highest BCUT2D eigenvalue weighted by Gasteiger charge is 2.18. The Labute approximate surface area is 167 Å². The number of carbonyl (C=O) groups is 1. The van der Waals surface area contributed by atoms with E-state index < -0.39 is 10.0 Å². The van der Waals surface area contributed by atoms with E-state index in [0.717, 1.165) is 0 Å². The average molecular weight is 417 g/mol. The molecule has 0 atom stereocenters. The lowest BCUT2D eigenvalue weighted by Gasteiger charge is -2.10. The molecule has 1 aromatic carbocycles. The minimum atomic E-state index is -3.57. The number of sulfonamides is 1. The first-order valence-corrected chi connectivity index (χ1v) is 10.9. The second-order valence-corrected chi connectivity index (χ2v) is 9.12. The number of aromatic nitrogens is 2. The van der Waals surface area contributed by atoms with E-state index >= 15 is 0 Å². The first-order valence-electron chi connectivity index (χ1n) is 8.59. The summed E-state index contributed by atoms with van der Waals surface area (Å²) in [7, 11) is -3.57. The maximum atomic E-state index is 12.6. The van der Waals surface area contributed by atoms with Crippen LogP contribution in [0, 0.1) is 6.92 Å². The number of hydrogen-bond acceptors (Lipinski definition) is 6. The Bertz CT molecular complexity index is 1080. The summed E-state index contributed by atoms with van der Waals surface area (Å²) in [6.45, 7) is 5.27. The highest BCUT2D eigenvalue weighted by molar-refractivity contribution is 7.89. The molecule has 0 saturated heterocycles. The predicted octanol–water partition coefficient (Wildman–Crippen LogP) is 3.45. The van der Waals surface area contributed by atoms with Crippen molar-refractivity contribution in [2.75, 3.05) is 5.32 Å². The van der Waals surface area contributed by atoms with Gasteiger partial charge in [-0.3, -0.25) is 9.78 Å². The molecule has 0 saturated carbocycles. The summed E-state index contributed by atoms with van der Waals surface area (Å²) in [5.41, 5.74) is 1.83. The molecule has 2 aromatic heterocycles. The molecule has 9 heteroatoms. The van der Waals surface area contributed by atoms with Crippen molar-refractivity contribution in [2.24, 2.45) is 0 Å². The molecule has 2 N–H and O–H groups in total. The van der Waals surface area contributed by atoms with Crippen LogP contribution in [0.15, 0.2) is 53.6 Å². The largest absolute Gasteiger partial charge is 0.321 e. The highest BCUT2D eigenvalue weighted by Crippen LogP contribution is 2.27. The number of pyridine rings is 1. The zero-order valence-electron chi connectivity index (χ0n) is 15.6. The van der Waals surface area contributed by atoms with Gasteiger partial charge < -0.3 is 5.32 Å². The number of benzene rings is 1. The van der Waals surface area contributed by atoms with Crippen molar-refractivity contribution >= 4 is 33.0 Å². The molecule has 0 unspecified atom stereocenters. The maximum Gasteiger partial charge on any atom is 0.267 e. The van der Waals surface area contributed by atoms with Gasteiger partial charge in [0.15, 0.2) is 0 Å². The van der Waals surface area contributed by atoms with Crippen molar-refractivity contribution in [3.63, 3.8) is 0 Å². The van der Waals surface area contributed by atoms with Crippen LogP contribution < -0.4 is 10.0 Å². The molecule has 0 fully saturated rings. The Morgan fingerprint density at radius 1 is 1.11 bits per heavy atom. The molecular weight excluding hydrogens is 396 g/mol. The number of nitrogens with zero attached hydrogens (tertiary/aromatic N) is 2. The second-order valence-electron chi connectivity index (χ2n) is 6.40. The number of rotatable bonds is 6. The normalized spacial score (nSPS) is 11.6. The average Bonchev–Trinajstić information content (AvgIpc) is 3.04. The van der Waals surface area contributed by atoms with Gasteiger partial charge in [0.05, 0.1) is 16.3 Å². The third-order valence-corrected chi connectivity index (χ3v) is 6.55. The second kappa shape index (κ2) is 8.17. The van der Waals surface area contributed by atoms with Crippen molar-refractivity contribution in [3.8, 4) is 10.7 Å². The van der Waals surface area contributed by atoms with Gasteiger partial charge in [0, 0.05) is 17.9 Å². The predicted molar refractivity (Wildman–Crippen MR) is 110 cm³/mol. The van der Waals surface area contributed by atoms with Gasteiger partial charge in [-0.05, 0) is 57.2 Å². The van der Waals surface area contributed by atoms with Gasteiger partial charge in [-0.15, -0.1) is 11.3 Å². The number of hydrogen-bond donors (Lipinski definition) is 2. The number of thiazole rings is 1. The van der Waals surface area contributed by atoms with E-state index in [2.05, 4.69) is 20.0 Å². The number of anilines is 1. The van der Waals surface area contributed by atoms with Crippen LogP contribution in [0.3, 0.4) is 0 Å². The van der Waals surface area contributed by atoms with Crippen LogP contribution >= 0.6 is 11.3 Å². The molecule has 3 rings (SSSR count). The molecule has 0 aliphatic rings. The molecule has 0 bridgehead atoms. The van der Waals surface area contributed by atoms with Gasteiger partial charge in [0.1, 0.15) is 9.88 Å². The zero-order valence-corrected chi connectivity index (χ0v) is 17.3. The number of amides is 1. The molecule has 7 nitrogen and oxygen atoms in total. The molecule has 3 aromatic rings. The van der Waals surface area contributed by atoms with Crippen LogP contribution in [-0.2, 0) is 10.0 Å². The lowest BCUT2D eigenvalue weighted by Crippen LogP contribution is -2.30. The lowest BCUT2D eigenvalue weighted by molar-refractivity contribution is 0.103. The highest BCUT2D eigenvalue weighted by atomic mass is 32.2. The van der Waals surface area contributed by atoms with Gasteiger partial charge in [-0.2, -0.15) is 0 Å². The fourth-order valence-electron chi connectivity index (χ4n) is 2.49. The Morgan fingerprint density at radius 3 is 2.43 bits per heavy atom.